The second-order valence-corrected chi connectivity index (χ2v) is 7.58. The molecule has 1 aliphatic rings. The molecule has 1 fully saturated rings. The van der Waals surface area contributed by atoms with Crippen molar-refractivity contribution in [2.45, 2.75) is 38.2 Å². The molecule has 1 saturated carbocycles. The van der Waals surface area contributed by atoms with E-state index in [4.69, 9.17) is 18.9 Å². The Morgan fingerprint density at radius 3 is 2.38 bits per heavy atom. The zero-order valence-corrected chi connectivity index (χ0v) is 18.6. The third-order valence-electron chi connectivity index (χ3n) is 5.23. The van der Waals surface area contributed by atoms with Crippen molar-refractivity contribution in [2.24, 2.45) is 0 Å². The molecule has 0 aliphatic heterocycles. The lowest BCUT2D eigenvalue weighted by molar-refractivity contribution is 0.112. The van der Waals surface area contributed by atoms with Crippen molar-refractivity contribution in [3.63, 3.8) is 0 Å². The minimum absolute atomic E-state index is 0.0275. The number of aldehydes is 1. The van der Waals surface area contributed by atoms with E-state index in [2.05, 4.69) is 20.3 Å². The summed E-state index contributed by atoms with van der Waals surface area (Å²) < 4.78 is 30.6. The van der Waals surface area contributed by atoms with Crippen LogP contribution in [0, 0.1) is 5.82 Å². The Kier molecular flexibility index (Phi) is 7.07. The lowest BCUT2D eigenvalue weighted by Gasteiger charge is -2.13. The van der Waals surface area contributed by atoms with Crippen molar-refractivity contribution in [3.8, 4) is 28.5 Å². The SMILES string of the molecule is CCC(Oc1ccc(-c2noc(C3CC3)n2)cc1)c1nc(-c2ccc(C=O)c(F)c2)no1.CO. The summed E-state index contributed by atoms with van der Waals surface area (Å²) >= 11 is 0. The van der Waals surface area contributed by atoms with Gasteiger partial charge in [-0.05, 0) is 55.7 Å². The second-order valence-electron chi connectivity index (χ2n) is 7.58. The van der Waals surface area contributed by atoms with Crippen LogP contribution in [-0.4, -0.2) is 38.8 Å². The van der Waals surface area contributed by atoms with E-state index in [1.165, 1.54) is 12.1 Å². The van der Waals surface area contributed by atoms with Gasteiger partial charge in [0, 0.05) is 24.2 Å². The van der Waals surface area contributed by atoms with Crippen molar-refractivity contribution in [2.75, 3.05) is 7.11 Å². The van der Waals surface area contributed by atoms with Gasteiger partial charge in [-0.2, -0.15) is 9.97 Å². The summed E-state index contributed by atoms with van der Waals surface area (Å²) in [6.07, 6.45) is 2.76. The van der Waals surface area contributed by atoms with Gasteiger partial charge in [-0.25, -0.2) is 4.39 Å². The molecule has 0 radical (unpaired) electrons. The summed E-state index contributed by atoms with van der Waals surface area (Å²) in [5.41, 5.74) is 1.22. The van der Waals surface area contributed by atoms with Gasteiger partial charge in [0.15, 0.2) is 12.4 Å². The molecule has 1 aliphatic carbocycles. The molecule has 5 rings (SSSR count). The molecular formula is C24H23FN4O5. The first kappa shape index (κ1) is 23.2. The molecule has 1 N–H and O–H groups in total. The number of benzene rings is 2. The highest BCUT2D eigenvalue weighted by atomic mass is 19.1. The molecule has 2 heterocycles. The van der Waals surface area contributed by atoms with Gasteiger partial charge >= 0.3 is 0 Å². The Morgan fingerprint density at radius 1 is 1.06 bits per heavy atom. The minimum Gasteiger partial charge on any atom is -0.481 e. The molecule has 2 aromatic heterocycles. The van der Waals surface area contributed by atoms with Crippen LogP contribution in [0.5, 0.6) is 5.75 Å². The Bertz CT molecular complexity index is 1250. The number of aliphatic hydroxyl groups is 1. The molecule has 0 bridgehead atoms. The van der Waals surface area contributed by atoms with Gasteiger partial charge in [0.1, 0.15) is 11.6 Å². The number of aromatic nitrogens is 4. The van der Waals surface area contributed by atoms with E-state index in [1.807, 2.05) is 31.2 Å². The topological polar surface area (TPSA) is 124 Å². The maximum Gasteiger partial charge on any atom is 0.268 e. The predicted molar refractivity (Wildman–Crippen MR) is 119 cm³/mol. The van der Waals surface area contributed by atoms with Gasteiger partial charge in [-0.15, -0.1) is 0 Å². The number of nitrogens with zero attached hydrogens (tertiary/aromatic N) is 4. The minimum atomic E-state index is -0.641. The van der Waals surface area contributed by atoms with E-state index in [1.54, 1.807) is 6.07 Å². The number of ether oxygens (including phenoxy) is 1. The third kappa shape index (κ3) is 5.01. The number of carbonyl (C=O) groups is 1. The third-order valence-corrected chi connectivity index (χ3v) is 5.23. The van der Waals surface area contributed by atoms with Gasteiger partial charge in [-0.3, -0.25) is 4.79 Å². The van der Waals surface area contributed by atoms with E-state index in [0.717, 1.165) is 25.5 Å². The average molecular weight is 466 g/mol. The highest BCUT2D eigenvalue weighted by molar-refractivity contribution is 5.76. The first-order valence-electron chi connectivity index (χ1n) is 10.8. The highest BCUT2D eigenvalue weighted by Crippen LogP contribution is 2.39. The monoisotopic (exact) mass is 466 g/mol. The van der Waals surface area contributed by atoms with E-state index in [0.29, 0.717) is 41.7 Å². The van der Waals surface area contributed by atoms with Crippen molar-refractivity contribution >= 4 is 6.29 Å². The largest absolute Gasteiger partial charge is 0.481 e. The Balaban J connectivity index is 0.00000133. The van der Waals surface area contributed by atoms with Crippen LogP contribution in [-0.2, 0) is 0 Å². The van der Waals surface area contributed by atoms with Crippen LogP contribution >= 0.6 is 0 Å². The van der Waals surface area contributed by atoms with E-state index >= 15 is 0 Å². The maximum absolute atomic E-state index is 13.9. The normalized spacial score (nSPS) is 13.6. The van der Waals surface area contributed by atoms with Gasteiger partial charge < -0.3 is 18.9 Å². The Hall–Kier alpha value is -3.92. The van der Waals surface area contributed by atoms with Crippen molar-refractivity contribution in [1.29, 1.82) is 0 Å². The van der Waals surface area contributed by atoms with Gasteiger partial charge in [0.25, 0.3) is 5.89 Å². The first-order chi connectivity index (χ1) is 16.6. The van der Waals surface area contributed by atoms with Crippen LogP contribution in [0.1, 0.15) is 60.3 Å². The Labute approximate surface area is 194 Å². The number of halogens is 1. The zero-order chi connectivity index (χ0) is 24.1. The smallest absolute Gasteiger partial charge is 0.268 e. The average Bonchev–Trinajstić information content (AvgIpc) is 3.40. The van der Waals surface area contributed by atoms with Crippen molar-refractivity contribution in [3.05, 3.63) is 65.6 Å². The number of carbonyl (C=O) groups excluding carboxylic acids is 1. The van der Waals surface area contributed by atoms with Crippen LogP contribution < -0.4 is 4.74 Å². The van der Waals surface area contributed by atoms with E-state index in [-0.39, 0.29) is 17.3 Å². The fourth-order valence-corrected chi connectivity index (χ4v) is 3.25. The first-order valence-corrected chi connectivity index (χ1v) is 10.8. The number of hydrogen-bond acceptors (Lipinski definition) is 9. The summed E-state index contributed by atoms with van der Waals surface area (Å²) in [6, 6.07) is 11.5. The van der Waals surface area contributed by atoms with Crippen LogP contribution in [0.15, 0.2) is 51.5 Å². The zero-order valence-electron chi connectivity index (χ0n) is 18.6. The van der Waals surface area contributed by atoms with E-state index < -0.39 is 11.9 Å². The molecular weight excluding hydrogens is 443 g/mol. The molecule has 34 heavy (non-hydrogen) atoms. The molecule has 9 nitrogen and oxygen atoms in total. The molecule has 10 heteroatoms. The number of rotatable bonds is 8. The van der Waals surface area contributed by atoms with E-state index in [9.17, 15) is 9.18 Å². The molecule has 176 valence electrons. The molecule has 0 saturated heterocycles. The van der Waals surface area contributed by atoms with Crippen LogP contribution in [0.3, 0.4) is 0 Å². The highest BCUT2D eigenvalue weighted by Gasteiger charge is 2.29. The van der Waals surface area contributed by atoms with Crippen molar-refractivity contribution in [1.82, 2.24) is 20.3 Å². The fraction of sp³-hybridized carbons (Fsp3) is 0.292. The summed E-state index contributed by atoms with van der Waals surface area (Å²) in [5.74, 6) is 2.13. The maximum atomic E-state index is 13.9. The standard InChI is InChI=1S/C23H19FN4O4.CH4O/c1-2-19(23-26-21(28-32-23)15-5-6-16(12-29)18(24)11-15)30-17-9-7-13(8-10-17)20-25-22(31-27-20)14-3-4-14;1-2/h5-12,14,19H,2-4H2,1H3;2H,1H3. The summed E-state index contributed by atoms with van der Waals surface area (Å²) in [7, 11) is 1.00. The number of hydrogen-bond donors (Lipinski definition) is 1. The van der Waals surface area contributed by atoms with Crippen LogP contribution in [0.2, 0.25) is 0 Å². The molecule has 1 atom stereocenters. The molecule has 2 aromatic carbocycles. The lowest BCUT2D eigenvalue weighted by atomic mass is 10.1. The van der Waals surface area contributed by atoms with Gasteiger partial charge in [0.2, 0.25) is 17.5 Å². The Morgan fingerprint density at radius 2 is 1.74 bits per heavy atom. The molecule has 0 spiro atoms. The lowest BCUT2D eigenvalue weighted by Crippen LogP contribution is -2.07. The molecule has 4 aromatic rings. The molecule has 1 unspecified atom stereocenters. The van der Waals surface area contributed by atoms with Crippen LogP contribution in [0.25, 0.3) is 22.8 Å². The summed E-state index contributed by atoms with van der Waals surface area (Å²) in [6.45, 7) is 1.93. The predicted octanol–water partition coefficient (Wildman–Crippen LogP) is 4.75. The number of aliphatic hydroxyl groups excluding tert-OH is 1. The summed E-state index contributed by atoms with van der Waals surface area (Å²) in [5, 5.41) is 15.0. The quantitative estimate of drug-likeness (QED) is 0.366. The second kappa shape index (κ2) is 10.3. The van der Waals surface area contributed by atoms with Crippen molar-refractivity contribution < 1.29 is 28.1 Å². The fourth-order valence-electron chi connectivity index (χ4n) is 3.25. The van der Waals surface area contributed by atoms with Gasteiger partial charge in [-0.1, -0.05) is 23.3 Å². The summed E-state index contributed by atoms with van der Waals surface area (Å²) in [4.78, 5) is 19.6. The van der Waals surface area contributed by atoms with Crippen LogP contribution in [0.4, 0.5) is 4.39 Å². The molecule has 0 amide bonds. The van der Waals surface area contributed by atoms with Gasteiger partial charge in [0.05, 0.1) is 5.56 Å².